The standard InChI is InChI=1S/C59H44F6O8S2/c1-37-4-7-40(8-5-37)54(66)42-14-24-48(25-15-42)72-50-28-20-46(21-29-50)57(58(60,61)62,59(63,64)65)47-22-30-51(31-23-47)73-49-26-16-43(17-27-49)55(67)41-12-10-39(11-13-41)45-9-6-38(2)53(36-45)56(68)44-18-32-52(33-19-44)74-34-3-35-75(69,70)71/h4-33,36H,3,34-35H2,1-2H3,(H,69,70,71). The molecule has 1 N–H and O–H groups in total. The molecule has 0 saturated carbocycles. The number of alkyl halides is 6. The fraction of sp³-hybridized carbons (Fsp3) is 0.136. The van der Waals surface area contributed by atoms with Crippen molar-refractivity contribution in [1.82, 2.24) is 0 Å². The number of hydrogen-bond donors (Lipinski definition) is 1. The van der Waals surface area contributed by atoms with Gasteiger partial charge in [0.05, 0.1) is 5.75 Å². The zero-order chi connectivity index (χ0) is 53.7. The number of aryl methyl sites for hydroxylation is 2. The van der Waals surface area contributed by atoms with Gasteiger partial charge in [-0.15, -0.1) is 11.8 Å². The summed E-state index contributed by atoms with van der Waals surface area (Å²) in [5, 5.41) is 0. The van der Waals surface area contributed by atoms with Crippen LogP contribution < -0.4 is 9.47 Å². The van der Waals surface area contributed by atoms with E-state index in [0.717, 1.165) is 51.4 Å². The van der Waals surface area contributed by atoms with Crippen molar-refractivity contribution < 1.29 is 63.2 Å². The molecule has 0 amide bonds. The van der Waals surface area contributed by atoms with Crippen LogP contribution in [-0.2, 0) is 15.5 Å². The lowest BCUT2D eigenvalue weighted by Crippen LogP contribution is -2.54. The zero-order valence-electron chi connectivity index (χ0n) is 39.9. The summed E-state index contributed by atoms with van der Waals surface area (Å²) in [7, 11) is -4.03. The third kappa shape index (κ3) is 12.3. The molecule has 0 atom stereocenters. The quantitative estimate of drug-likeness (QED) is 0.0294. The number of thioether (sulfide) groups is 1. The number of ether oxygens (including phenoxy) is 2. The van der Waals surface area contributed by atoms with Crippen LogP contribution in [0.5, 0.6) is 23.0 Å². The van der Waals surface area contributed by atoms with Crippen LogP contribution in [0.3, 0.4) is 0 Å². The van der Waals surface area contributed by atoms with Crippen LogP contribution in [0.25, 0.3) is 11.1 Å². The third-order valence-electron chi connectivity index (χ3n) is 12.3. The largest absolute Gasteiger partial charge is 0.457 e. The zero-order valence-corrected chi connectivity index (χ0v) is 41.5. The van der Waals surface area contributed by atoms with Gasteiger partial charge in [-0.3, -0.25) is 18.9 Å². The number of carbonyl (C=O) groups excluding carboxylic acids is 3. The first-order valence-electron chi connectivity index (χ1n) is 23.1. The Kier molecular flexibility index (Phi) is 15.7. The average molecular weight is 1060 g/mol. The molecule has 8 aromatic rings. The highest BCUT2D eigenvalue weighted by Gasteiger charge is 2.72. The van der Waals surface area contributed by atoms with Crippen LogP contribution >= 0.6 is 11.8 Å². The van der Waals surface area contributed by atoms with Gasteiger partial charge in [-0.2, -0.15) is 34.8 Å². The fourth-order valence-electron chi connectivity index (χ4n) is 8.34. The molecule has 0 heterocycles. The Morgan fingerprint density at radius 1 is 0.480 bits per heavy atom. The molecule has 382 valence electrons. The smallest absolute Gasteiger partial charge is 0.411 e. The predicted octanol–water partition coefficient (Wildman–Crippen LogP) is 15.0. The van der Waals surface area contributed by atoms with Gasteiger partial charge in [-0.25, -0.2) is 0 Å². The van der Waals surface area contributed by atoms with E-state index >= 15 is 26.3 Å². The molecule has 16 heteroatoms. The highest BCUT2D eigenvalue weighted by Crippen LogP contribution is 2.56. The predicted molar refractivity (Wildman–Crippen MR) is 275 cm³/mol. The lowest BCUT2D eigenvalue weighted by molar-refractivity contribution is -0.288. The second-order valence-electron chi connectivity index (χ2n) is 17.5. The maximum atomic E-state index is 15.0. The van der Waals surface area contributed by atoms with Gasteiger partial charge in [-0.1, -0.05) is 90.5 Å². The molecule has 0 aliphatic carbocycles. The van der Waals surface area contributed by atoms with E-state index in [-0.39, 0.29) is 58.1 Å². The average Bonchev–Trinajstić information content (AvgIpc) is 3.38. The number of rotatable bonds is 18. The summed E-state index contributed by atoms with van der Waals surface area (Å²) in [6, 6.07) is 44.8. The van der Waals surface area contributed by atoms with Crippen LogP contribution in [0.4, 0.5) is 26.3 Å². The van der Waals surface area contributed by atoms with Gasteiger partial charge >= 0.3 is 12.4 Å². The van der Waals surface area contributed by atoms with Crippen molar-refractivity contribution in [3.8, 4) is 34.1 Å². The molecule has 0 saturated heterocycles. The van der Waals surface area contributed by atoms with Crippen LogP contribution in [0, 0.1) is 13.8 Å². The highest BCUT2D eigenvalue weighted by atomic mass is 32.2. The Morgan fingerprint density at radius 2 is 0.840 bits per heavy atom. The molecule has 0 aliphatic heterocycles. The lowest BCUT2D eigenvalue weighted by atomic mass is 9.73. The Labute approximate surface area is 432 Å². The lowest BCUT2D eigenvalue weighted by Gasteiger charge is -2.38. The Balaban J connectivity index is 0.911. The molecule has 75 heavy (non-hydrogen) atoms. The van der Waals surface area contributed by atoms with E-state index in [9.17, 15) is 22.8 Å². The molecular formula is C59H44F6O8S2. The monoisotopic (exact) mass is 1060 g/mol. The molecule has 8 nitrogen and oxygen atoms in total. The minimum atomic E-state index is -5.85. The summed E-state index contributed by atoms with van der Waals surface area (Å²) in [6.45, 7) is 3.71. The normalized spacial score (nSPS) is 12.0. The van der Waals surface area contributed by atoms with Gasteiger partial charge in [0.15, 0.2) is 17.3 Å². The van der Waals surface area contributed by atoms with Gasteiger partial charge in [0.1, 0.15) is 23.0 Å². The van der Waals surface area contributed by atoms with Crippen molar-refractivity contribution in [2.75, 3.05) is 11.5 Å². The van der Waals surface area contributed by atoms with Gasteiger partial charge in [-0.05, 0) is 157 Å². The summed E-state index contributed by atoms with van der Waals surface area (Å²) in [6.07, 6.45) is -11.4. The molecule has 0 bridgehead atoms. The van der Waals surface area contributed by atoms with E-state index in [0.29, 0.717) is 57.8 Å². The van der Waals surface area contributed by atoms with Crippen LogP contribution in [0.15, 0.2) is 193 Å². The van der Waals surface area contributed by atoms with Crippen LogP contribution in [-0.4, -0.2) is 54.2 Å². The van der Waals surface area contributed by atoms with Gasteiger partial charge in [0, 0.05) is 38.3 Å². The maximum Gasteiger partial charge on any atom is 0.411 e. The van der Waals surface area contributed by atoms with Gasteiger partial charge in [0.25, 0.3) is 10.1 Å². The Morgan fingerprint density at radius 3 is 1.25 bits per heavy atom. The van der Waals surface area contributed by atoms with Crippen molar-refractivity contribution in [3.05, 3.63) is 244 Å². The summed E-state index contributed by atoms with van der Waals surface area (Å²) in [5.41, 5.74) is -1.03. The second-order valence-corrected chi connectivity index (χ2v) is 20.3. The van der Waals surface area contributed by atoms with Gasteiger partial charge in [0.2, 0.25) is 5.41 Å². The van der Waals surface area contributed by atoms with E-state index < -0.39 is 39.0 Å². The molecule has 0 aromatic heterocycles. The summed E-state index contributed by atoms with van der Waals surface area (Å²) in [5.74, 6) is -0.388. The van der Waals surface area contributed by atoms with E-state index in [1.165, 1.54) is 60.3 Å². The first-order valence-corrected chi connectivity index (χ1v) is 25.7. The minimum absolute atomic E-state index is 0.0399. The maximum absolute atomic E-state index is 15.0. The number of carbonyl (C=O) groups is 3. The summed E-state index contributed by atoms with van der Waals surface area (Å²) < 4.78 is 132. The summed E-state index contributed by atoms with van der Waals surface area (Å²) in [4.78, 5) is 40.8. The number of ketones is 3. The molecule has 0 radical (unpaired) electrons. The van der Waals surface area contributed by atoms with E-state index in [1.54, 1.807) is 78.9 Å². The van der Waals surface area contributed by atoms with Crippen LogP contribution in [0.2, 0.25) is 0 Å². The SMILES string of the molecule is Cc1ccc(C(=O)c2ccc(Oc3ccc(C(c4ccc(Oc5ccc(C(=O)c6ccc(-c7ccc(C)c(C(=O)c8ccc(SCCCS(=O)(=O)O)cc8)c7)cc6)cc5)cc4)(C(F)(F)F)C(F)(F)F)cc3)cc2)cc1. The molecule has 0 unspecified atom stereocenters. The van der Waals surface area contributed by atoms with E-state index in [2.05, 4.69) is 0 Å². The summed E-state index contributed by atoms with van der Waals surface area (Å²) >= 11 is 1.41. The van der Waals surface area contributed by atoms with Crippen molar-refractivity contribution in [2.45, 2.75) is 42.9 Å². The number of halogens is 6. The van der Waals surface area contributed by atoms with Crippen LogP contribution in [0.1, 0.15) is 76.4 Å². The number of benzene rings is 8. The molecule has 8 rings (SSSR count). The van der Waals surface area contributed by atoms with Crippen molar-refractivity contribution in [2.24, 2.45) is 0 Å². The minimum Gasteiger partial charge on any atom is -0.457 e. The Bertz CT molecular complexity index is 3440. The topological polar surface area (TPSA) is 124 Å². The molecule has 0 fully saturated rings. The molecule has 8 aromatic carbocycles. The van der Waals surface area contributed by atoms with E-state index in [1.807, 2.05) is 26.0 Å². The first kappa shape index (κ1) is 53.5. The second kappa shape index (κ2) is 22.0. The Hall–Kier alpha value is -7.79. The molecular weight excluding hydrogens is 1010 g/mol. The van der Waals surface area contributed by atoms with E-state index in [4.69, 9.17) is 14.0 Å². The fourth-order valence-corrected chi connectivity index (χ4v) is 9.88. The number of hydrogen-bond acceptors (Lipinski definition) is 8. The van der Waals surface area contributed by atoms with Gasteiger partial charge < -0.3 is 9.47 Å². The van der Waals surface area contributed by atoms with Crippen molar-refractivity contribution in [3.63, 3.8) is 0 Å². The van der Waals surface area contributed by atoms with Crippen molar-refractivity contribution >= 4 is 39.2 Å². The van der Waals surface area contributed by atoms with Crippen molar-refractivity contribution in [1.29, 1.82) is 0 Å². The first-order chi connectivity index (χ1) is 35.6. The third-order valence-corrected chi connectivity index (χ3v) is 14.2. The highest BCUT2D eigenvalue weighted by molar-refractivity contribution is 7.99. The molecule has 0 spiro atoms. The molecule has 0 aliphatic rings.